The number of fused-ring (bicyclic) bond motifs is 1. The van der Waals surface area contributed by atoms with Crippen LogP contribution in [0.3, 0.4) is 0 Å². The van der Waals surface area contributed by atoms with E-state index in [2.05, 4.69) is 142 Å². The van der Waals surface area contributed by atoms with Crippen molar-refractivity contribution in [3.63, 3.8) is 0 Å². The quantitative estimate of drug-likeness (QED) is 0.119. The molecule has 8 aromatic rings. The summed E-state index contributed by atoms with van der Waals surface area (Å²) in [6.45, 7) is 2.82. The zero-order chi connectivity index (χ0) is 35.3. The number of nitrogens with zero attached hydrogens (tertiary/aromatic N) is 8. The van der Waals surface area contributed by atoms with Crippen LogP contribution in [0.15, 0.2) is 146 Å². The maximum atomic E-state index is 5.52. The van der Waals surface area contributed by atoms with E-state index in [1.165, 1.54) is 0 Å². The first-order valence-corrected chi connectivity index (χ1v) is 17.6. The number of imidazole rings is 1. The zero-order valence-electron chi connectivity index (χ0n) is 29.2. The van der Waals surface area contributed by atoms with Crippen LogP contribution >= 0.6 is 0 Å². The Bertz CT molecular complexity index is 2310. The Hall–Kier alpha value is -6.48. The lowest BCUT2D eigenvalue weighted by atomic mass is 9.77. The zero-order valence-corrected chi connectivity index (χ0v) is 29.2. The van der Waals surface area contributed by atoms with Crippen molar-refractivity contribution in [3.8, 4) is 28.4 Å². The van der Waals surface area contributed by atoms with E-state index in [0.29, 0.717) is 23.8 Å². The van der Waals surface area contributed by atoms with Gasteiger partial charge in [-0.05, 0) is 50.2 Å². The van der Waals surface area contributed by atoms with Gasteiger partial charge in [0.2, 0.25) is 5.88 Å². The van der Waals surface area contributed by atoms with Crippen LogP contribution in [0, 0.1) is 0 Å². The molecule has 0 amide bonds. The molecule has 0 aliphatic heterocycles. The number of unbranched alkanes of at least 4 members (excludes halogenated alkanes) is 1. The first-order chi connectivity index (χ1) is 25.7. The number of aromatic nitrogens is 8. The van der Waals surface area contributed by atoms with E-state index >= 15 is 0 Å². The van der Waals surface area contributed by atoms with Gasteiger partial charge in [0, 0.05) is 12.0 Å². The molecule has 0 unspecified atom stereocenters. The molecule has 0 saturated heterocycles. The lowest BCUT2D eigenvalue weighted by molar-refractivity contribution is 0.401. The molecule has 256 valence electrons. The van der Waals surface area contributed by atoms with Crippen LogP contribution in [0.25, 0.3) is 33.7 Å². The largest absolute Gasteiger partial charge is 0.479 e. The molecule has 9 heteroatoms. The third-order valence-corrected chi connectivity index (χ3v) is 9.66. The van der Waals surface area contributed by atoms with Crippen molar-refractivity contribution in [3.05, 3.63) is 174 Å². The summed E-state index contributed by atoms with van der Waals surface area (Å²) in [4.78, 5) is 13.8. The highest BCUT2D eigenvalue weighted by molar-refractivity contribution is 5.81. The maximum absolute atomic E-state index is 5.52. The van der Waals surface area contributed by atoms with E-state index < -0.39 is 5.54 Å². The van der Waals surface area contributed by atoms with Crippen molar-refractivity contribution in [2.45, 2.75) is 38.3 Å². The van der Waals surface area contributed by atoms with E-state index in [0.717, 1.165) is 69.7 Å². The van der Waals surface area contributed by atoms with Gasteiger partial charge in [-0.1, -0.05) is 153 Å². The fourth-order valence-corrected chi connectivity index (χ4v) is 7.19. The summed E-state index contributed by atoms with van der Waals surface area (Å²) in [6, 6.07) is 48.4. The molecule has 0 saturated carbocycles. The second kappa shape index (κ2) is 14.4. The van der Waals surface area contributed by atoms with Gasteiger partial charge in [0.05, 0.1) is 13.7 Å². The van der Waals surface area contributed by atoms with Gasteiger partial charge in [-0.2, -0.15) is 4.98 Å². The van der Waals surface area contributed by atoms with Crippen molar-refractivity contribution >= 4 is 11.2 Å². The minimum Gasteiger partial charge on any atom is -0.479 e. The first-order valence-electron chi connectivity index (χ1n) is 17.6. The van der Waals surface area contributed by atoms with Gasteiger partial charge >= 0.3 is 0 Å². The summed E-state index contributed by atoms with van der Waals surface area (Å²) in [5, 5.41) is 13.8. The SMILES string of the molecule is CCCCc1nc2c(OC)ncnc2n1Cc1ccc(-c2ccccc2-c2nnnn2C(c2ccccc2)(c2ccccc2)c2ccccc2)cc1. The Labute approximate surface area is 302 Å². The summed E-state index contributed by atoms with van der Waals surface area (Å²) in [5.74, 6) is 2.14. The summed E-state index contributed by atoms with van der Waals surface area (Å²) in [6.07, 6.45) is 4.51. The fourth-order valence-electron chi connectivity index (χ4n) is 7.19. The number of ether oxygens (including phenoxy) is 1. The van der Waals surface area contributed by atoms with Gasteiger partial charge in [-0.15, -0.1) is 5.10 Å². The van der Waals surface area contributed by atoms with Crippen molar-refractivity contribution < 1.29 is 4.74 Å². The fraction of sp³-hybridized carbons (Fsp3) is 0.163. The molecule has 0 atom stereocenters. The maximum Gasteiger partial charge on any atom is 0.245 e. The predicted octanol–water partition coefficient (Wildman–Crippen LogP) is 8.39. The third-order valence-electron chi connectivity index (χ3n) is 9.66. The number of hydrogen-bond acceptors (Lipinski definition) is 7. The lowest BCUT2D eigenvalue weighted by Gasteiger charge is -2.36. The minimum absolute atomic E-state index is 0.492. The molecule has 8 rings (SSSR count). The summed E-state index contributed by atoms with van der Waals surface area (Å²) in [7, 11) is 1.62. The van der Waals surface area contributed by atoms with Crippen molar-refractivity contribution in [2.24, 2.45) is 0 Å². The van der Waals surface area contributed by atoms with E-state index in [4.69, 9.17) is 20.0 Å². The van der Waals surface area contributed by atoms with Crippen LogP contribution in [0.4, 0.5) is 0 Å². The normalized spacial score (nSPS) is 11.6. The van der Waals surface area contributed by atoms with E-state index in [1.807, 2.05) is 28.9 Å². The highest BCUT2D eigenvalue weighted by atomic mass is 16.5. The topological polar surface area (TPSA) is 96.4 Å². The molecule has 0 spiro atoms. The van der Waals surface area contributed by atoms with Crippen molar-refractivity contribution in [2.75, 3.05) is 7.11 Å². The Morgan fingerprint density at radius 2 is 1.27 bits per heavy atom. The van der Waals surface area contributed by atoms with E-state index in [9.17, 15) is 0 Å². The van der Waals surface area contributed by atoms with Gasteiger partial charge in [0.25, 0.3) is 0 Å². The highest BCUT2D eigenvalue weighted by Gasteiger charge is 2.42. The Balaban J connectivity index is 1.22. The van der Waals surface area contributed by atoms with Crippen molar-refractivity contribution in [1.82, 2.24) is 39.7 Å². The lowest BCUT2D eigenvalue weighted by Crippen LogP contribution is -2.39. The number of methoxy groups -OCH3 is 1. The average molecular weight is 683 g/mol. The summed E-state index contributed by atoms with van der Waals surface area (Å²) in [5.41, 5.74) is 7.93. The molecule has 3 aromatic heterocycles. The first kappa shape index (κ1) is 32.7. The molecule has 0 aliphatic rings. The summed E-state index contributed by atoms with van der Waals surface area (Å²) >= 11 is 0. The molecule has 5 aromatic carbocycles. The molecular formula is C43H38N8O. The molecule has 3 heterocycles. The van der Waals surface area contributed by atoms with Crippen molar-refractivity contribution in [1.29, 1.82) is 0 Å². The molecule has 9 nitrogen and oxygen atoms in total. The molecule has 0 aliphatic carbocycles. The van der Waals surface area contributed by atoms with E-state index in [1.54, 1.807) is 13.4 Å². The smallest absolute Gasteiger partial charge is 0.245 e. The minimum atomic E-state index is -0.852. The number of hydrogen-bond donors (Lipinski definition) is 0. The van der Waals surface area contributed by atoms with Crippen LogP contribution in [-0.4, -0.2) is 46.8 Å². The van der Waals surface area contributed by atoms with Crippen LogP contribution in [0.1, 0.15) is 47.8 Å². The standard InChI is InChI=1S/C43H38N8O/c1-3-4-24-38-46-39-41(44-30-45-42(39)52-2)50(38)29-31-25-27-32(28-26-31)36-22-14-15-23-37(36)40-47-48-49-51(40)43(33-16-8-5-9-17-33,34-18-10-6-11-19-34)35-20-12-7-13-21-35/h5-23,25-28,30H,3-4,24,29H2,1-2H3. The van der Waals surface area contributed by atoms with Crippen LogP contribution in [0.5, 0.6) is 5.88 Å². The number of benzene rings is 5. The molecular weight excluding hydrogens is 645 g/mol. The second-order valence-corrected chi connectivity index (χ2v) is 12.7. The molecule has 0 radical (unpaired) electrons. The Morgan fingerprint density at radius 1 is 0.673 bits per heavy atom. The van der Waals surface area contributed by atoms with Gasteiger partial charge < -0.3 is 9.30 Å². The van der Waals surface area contributed by atoms with E-state index in [-0.39, 0.29) is 0 Å². The van der Waals surface area contributed by atoms with Gasteiger partial charge in [-0.3, -0.25) is 0 Å². The average Bonchev–Trinajstić information content (AvgIpc) is 3.84. The summed E-state index contributed by atoms with van der Waals surface area (Å²) < 4.78 is 9.69. The molecule has 52 heavy (non-hydrogen) atoms. The number of aryl methyl sites for hydroxylation is 1. The highest BCUT2D eigenvalue weighted by Crippen LogP contribution is 2.43. The number of tetrazole rings is 1. The van der Waals surface area contributed by atoms with Crippen LogP contribution < -0.4 is 4.74 Å². The van der Waals surface area contributed by atoms with Crippen LogP contribution in [0.2, 0.25) is 0 Å². The van der Waals surface area contributed by atoms with Gasteiger partial charge in [-0.25, -0.2) is 14.6 Å². The molecule has 0 fully saturated rings. The predicted molar refractivity (Wildman–Crippen MR) is 203 cm³/mol. The molecule has 0 bridgehead atoms. The van der Waals surface area contributed by atoms with Gasteiger partial charge in [0.1, 0.15) is 17.7 Å². The number of rotatable bonds is 12. The second-order valence-electron chi connectivity index (χ2n) is 12.7. The van der Waals surface area contributed by atoms with Gasteiger partial charge in [0.15, 0.2) is 17.0 Å². The monoisotopic (exact) mass is 682 g/mol. The molecule has 0 N–H and O–H groups in total. The Kier molecular flexibility index (Phi) is 9.06. The third kappa shape index (κ3) is 5.80. The Morgan fingerprint density at radius 3 is 1.87 bits per heavy atom. The van der Waals surface area contributed by atoms with Crippen LogP contribution in [-0.2, 0) is 18.5 Å².